The summed E-state index contributed by atoms with van der Waals surface area (Å²) in [6, 6.07) is 9.00. The molecule has 1 atom stereocenters. The van der Waals surface area contributed by atoms with Crippen molar-refractivity contribution in [2.75, 3.05) is 19.8 Å². The molecule has 0 radical (unpaired) electrons. The highest BCUT2D eigenvalue weighted by Crippen LogP contribution is 2.24. The molecular formula is C17H19N3O4. The van der Waals surface area contributed by atoms with Crippen LogP contribution in [-0.4, -0.2) is 47.5 Å². The lowest BCUT2D eigenvalue weighted by molar-refractivity contribution is -0.120. The Kier molecular flexibility index (Phi) is 4.61. The Morgan fingerprint density at radius 2 is 2.08 bits per heavy atom. The quantitative estimate of drug-likeness (QED) is 0.913. The van der Waals surface area contributed by atoms with Gasteiger partial charge in [0.2, 0.25) is 17.6 Å². The molecule has 2 N–H and O–H groups in total. The fraction of sp³-hybridized carbons (Fsp3) is 0.353. The maximum absolute atomic E-state index is 12.8. The summed E-state index contributed by atoms with van der Waals surface area (Å²) in [7, 11) is 0. The first kappa shape index (κ1) is 16.2. The molecule has 1 saturated heterocycles. The molecule has 0 spiro atoms. The third-order valence-corrected chi connectivity index (χ3v) is 3.94. The van der Waals surface area contributed by atoms with Crippen molar-refractivity contribution >= 4 is 11.8 Å². The van der Waals surface area contributed by atoms with Crippen LogP contribution < -0.4 is 5.73 Å². The predicted molar refractivity (Wildman–Crippen MR) is 86.1 cm³/mol. The summed E-state index contributed by atoms with van der Waals surface area (Å²) >= 11 is 0. The van der Waals surface area contributed by atoms with Gasteiger partial charge in [0.05, 0.1) is 24.9 Å². The monoisotopic (exact) mass is 329 g/mol. The SMILES string of the molecule is Cc1nc(-c2ccccc2)oc1C(=O)N1CCOCC1CC(N)=O. The zero-order valence-corrected chi connectivity index (χ0v) is 13.4. The van der Waals surface area contributed by atoms with Gasteiger partial charge in [-0.05, 0) is 19.1 Å². The van der Waals surface area contributed by atoms with Gasteiger partial charge in [-0.2, -0.15) is 0 Å². The van der Waals surface area contributed by atoms with Crippen LogP contribution in [0.15, 0.2) is 34.7 Å². The number of oxazole rings is 1. The maximum atomic E-state index is 12.8. The molecule has 2 amide bonds. The van der Waals surface area contributed by atoms with E-state index in [1.54, 1.807) is 11.8 Å². The summed E-state index contributed by atoms with van der Waals surface area (Å²) in [6.07, 6.45) is 0.0600. The minimum absolute atomic E-state index is 0.0600. The minimum Gasteiger partial charge on any atom is -0.431 e. The fourth-order valence-electron chi connectivity index (χ4n) is 2.75. The average molecular weight is 329 g/mol. The Balaban J connectivity index is 1.86. The number of aromatic nitrogens is 1. The first-order valence-corrected chi connectivity index (χ1v) is 7.76. The number of ether oxygens (including phenoxy) is 1. The molecule has 2 heterocycles. The molecule has 1 aromatic heterocycles. The standard InChI is InChI=1S/C17H19N3O4/c1-11-15(24-16(19-11)12-5-3-2-4-6-12)17(22)20-7-8-23-10-13(20)9-14(18)21/h2-6,13H,7-10H2,1H3,(H2,18,21). The summed E-state index contributed by atoms with van der Waals surface area (Å²) < 4.78 is 11.1. The lowest BCUT2D eigenvalue weighted by atomic mass is 10.1. The Morgan fingerprint density at radius 3 is 2.79 bits per heavy atom. The van der Waals surface area contributed by atoms with E-state index in [2.05, 4.69) is 4.98 Å². The first-order chi connectivity index (χ1) is 11.6. The number of hydrogen-bond donors (Lipinski definition) is 1. The van der Waals surface area contributed by atoms with Crippen LogP contribution in [0.2, 0.25) is 0 Å². The van der Waals surface area contributed by atoms with E-state index >= 15 is 0 Å². The van der Waals surface area contributed by atoms with Crippen molar-refractivity contribution in [3.8, 4) is 11.5 Å². The molecule has 3 rings (SSSR count). The number of nitrogens with zero attached hydrogens (tertiary/aromatic N) is 2. The fourth-order valence-corrected chi connectivity index (χ4v) is 2.75. The zero-order chi connectivity index (χ0) is 17.1. The van der Waals surface area contributed by atoms with Crippen molar-refractivity contribution in [3.63, 3.8) is 0 Å². The molecular weight excluding hydrogens is 310 g/mol. The molecule has 0 bridgehead atoms. The van der Waals surface area contributed by atoms with Crippen LogP contribution in [0.3, 0.4) is 0 Å². The second kappa shape index (κ2) is 6.84. The molecule has 24 heavy (non-hydrogen) atoms. The van der Waals surface area contributed by atoms with Crippen LogP contribution in [0.4, 0.5) is 0 Å². The van der Waals surface area contributed by atoms with Gasteiger partial charge in [-0.3, -0.25) is 9.59 Å². The van der Waals surface area contributed by atoms with E-state index in [4.69, 9.17) is 14.9 Å². The molecule has 1 unspecified atom stereocenters. The molecule has 1 aliphatic rings. The third-order valence-electron chi connectivity index (χ3n) is 3.94. The van der Waals surface area contributed by atoms with E-state index in [1.165, 1.54) is 0 Å². The summed E-state index contributed by atoms with van der Waals surface area (Å²) in [4.78, 5) is 30.0. The summed E-state index contributed by atoms with van der Waals surface area (Å²) in [5.74, 6) is -0.180. The molecule has 0 aliphatic carbocycles. The van der Waals surface area contributed by atoms with Crippen molar-refractivity contribution in [1.82, 2.24) is 9.88 Å². The Bertz CT molecular complexity index is 742. The highest BCUT2D eigenvalue weighted by Gasteiger charge is 2.32. The molecule has 0 saturated carbocycles. The van der Waals surface area contributed by atoms with Gasteiger partial charge in [0.25, 0.3) is 5.91 Å². The number of morpholine rings is 1. The van der Waals surface area contributed by atoms with Crippen LogP contribution in [0, 0.1) is 6.92 Å². The number of nitrogens with two attached hydrogens (primary N) is 1. The van der Waals surface area contributed by atoms with Crippen molar-refractivity contribution in [2.24, 2.45) is 5.73 Å². The number of rotatable bonds is 4. The van der Waals surface area contributed by atoms with E-state index in [1.807, 2.05) is 30.3 Å². The Morgan fingerprint density at radius 1 is 1.33 bits per heavy atom. The predicted octanol–water partition coefficient (Wildman–Crippen LogP) is 1.37. The van der Waals surface area contributed by atoms with Crippen LogP contribution in [0.1, 0.15) is 22.7 Å². The van der Waals surface area contributed by atoms with Crippen LogP contribution >= 0.6 is 0 Å². The van der Waals surface area contributed by atoms with Crippen LogP contribution in [-0.2, 0) is 9.53 Å². The number of primary amides is 1. The van der Waals surface area contributed by atoms with Crippen molar-refractivity contribution in [3.05, 3.63) is 41.8 Å². The lowest BCUT2D eigenvalue weighted by Crippen LogP contribution is -2.50. The van der Waals surface area contributed by atoms with Gasteiger partial charge in [-0.25, -0.2) is 4.98 Å². The molecule has 1 aliphatic heterocycles. The van der Waals surface area contributed by atoms with Crippen LogP contribution in [0.25, 0.3) is 11.5 Å². The number of hydrogen-bond acceptors (Lipinski definition) is 5. The molecule has 1 fully saturated rings. The number of amides is 2. The summed E-state index contributed by atoms with van der Waals surface area (Å²) in [5, 5.41) is 0. The van der Waals surface area contributed by atoms with Gasteiger partial charge in [-0.1, -0.05) is 18.2 Å². The van der Waals surface area contributed by atoms with Crippen LogP contribution in [0.5, 0.6) is 0 Å². The highest BCUT2D eigenvalue weighted by molar-refractivity contribution is 5.93. The van der Waals surface area contributed by atoms with E-state index in [9.17, 15) is 9.59 Å². The third kappa shape index (κ3) is 3.30. The molecule has 7 nitrogen and oxygen atoms in total. The number of aryl methyl sites for hydroxylation is 1. The number of carbonyl (C=O) groups excluding carboxylic acids is 2. The maximum Gasteiger partial charge on any atom is 0.292 e. The molecule has 2 aromatic rings. The van der Waals surface area contributed by atoms with Gasteiger partial charge < -0.3 is 19.8 Å². The smallest absolute Gasteiger partial charge is 0.292 e. The van der Waals surface area contributed by atoms with E-state index in [0.717, 1.165) is 5.56 Å². The molecule has 7 heteroatoms. The average Bonchev–Trinajstić information content (AvgIpc) is 2.97. The lowest BCUT2D eigenvalue weighted by Gasteiger charge is -2.34. The summed E-state index contributed by atoms with van der Waals surface area (Å²) in [5.41, 5.74) is 6.58. The van der Waals surface area contributed by atoms with E-state index < -0.39 is 5.91 Å². The van der Waals surface area contributed by atoms with Gasteiger partial charge in [0, 0.05) is 18.5 Å². The Hall–Kier alpha value is -2.67. The summed E-state index contributed by atoms with van der Waals surface area (Å²) in [6.45, 7) is 2.82. The van der Waals surface area contributed by atoms with Crippen molar-refractivity contribution < 1.29 is 18.7 Å². The number of benzene rings is 1. The normalized spacial score (nSPS) is 17.7. The second-order valence-electron chi connectivity index (χ2n) is 5.70. The second-order valence-corrected chi connectivity index (χ2v) is 5.70. The van der Waals surface area contributed by atoms with E-state index in [-0.39, 0.29) is 30.7 Å². The van der Waals surface area contributed by atoms with Crippen molar-refractivity contribution in [2.45, 2.75) is 19.4 Å². The van der Waals surface area contributed by atoms with Crippen molar-refractivity contribution in [1.29, 1.82) is 0 Å². The molecule has 126 valence electrons. The topological polar surface area (TPSA) is 98.7 Å². The minimum atomic E-state index is -0.470. The van der Waals surface area contributed by atoms with Gasteiger partial charge in [0.15, 0.2) is 0 Å². The first-order valence-electron chi connectivity index (χ1n) is 7.76. The zero-order valence-electron chi connectivity index (χ0n) is 13.4. The molecule has 1 aromatic carbocycles. The number of carbonyl (C=O) groups is 2. The van der Waals surface area contributed by atoms with Gasteiger partial charge in [-0.15, -0.1) is 0 Å². The van der Waals surface area contributed by atoms with Gasteiger partial charge >= 0.3 is 0 Å². The van der Waals surface area contributed by atoms with Gasteiger partial charge in [0.1, 0.15) is 0 Å². The Labute approximate surface area is 139 Å². The van der Waals surface area contributed by atoms with E-state index in [0.29, 0.717) is 24.7 Å². The highest BCUT2D eigenvalue weighted by atomic mass is 16.5. The largest absolute Gasteiger partial charge is 0.431 e.